The minimum Gasteiger partial charge on any atom is -0.495 e. The van der Waals surface area contributed by atoms with Gasteiger partial charge in [0.25, 0.3) is 0 Å². The van der Waals surface area contributed by atoms with Gasteiger partial charge < -0.3 is 14.2 Å². The highest BCUT2D eigenvalue weighted by Crippen LogP contribution is 2.35. The number of methoxy groups -OCH3 is 3. The normalized spacial score (nSPS) is 20.3. The number of hydrogen-bond donors (Lipinski definition) is 0. The van der Waals surface area contributed by atoms with Crippen LogP contribution in [0.5, 0.6) is 0 Å². The van der Waals surface area contributed by atoms with Gasteiger partial charge in [0, 0.05) is 13.5 Å². The lowest BCUT2D eigenvalue weighted by atomic mass is 10.1. The van der Waals surface area contributed by atoms with Crippen LogP contribution in [-0.4, -0.2) is 27.2 Å². The summed E-state index contributed by atoms with van der Waals surface area (Å²) in [6.07, 6.45) is 4.62. The molecule has 3 nitrogen and oxygen atoms in total. The molecule has 0 saturated carbocycles. The zero-order valence-electron chi connectivity index (χ0n) is 7.83. The van der Waals surface area contributed by atoms with Gasteiger partial charge in [0.05, 0.1) is 14.2 Å². The summed E-state index contributed by atoms with van der Waals surface area (Å²) in [5, 5.41) is 0. The largest absolute Gasteiger partial charge is 0.495 e. The molecule has 73 valence electrons. The molecule has 0 unspecified atom stereocenters. The van der Waals surface area contributed by atoms with Crippen LogP contribution >= 0.6 is 0 Å². The molecule has 13 heavy (non-hydrogen) atoms. The van der Waals surface area contributed by atoms with Crippen molar-refractivity contribution in [3.8, 4) is 0 Å². The topological polar surface area (TPSA) is 27.7 Å². The summed E-state index contributed by atoms with van der Waals surface area (Å²) in [4.78, 5) is 0. The summed E-state index contributed by atoms with van der Waals surface area (Å²) in [7, 11) is 4.02. The number of allylic oxidation sites excluding steroid dienone is 2. The standard InChI is InChI=1S/C9H12FO3/c1-11-7-5-4-6-8(12-2)9(7,10)13-3/h4-6H,1-3H3. The van der Waals surface area contributed by atoms with Crippen LogP contribution in [-0.2, 0) is 14.2 Å². The van der Waals surface area contributed by atoms with Gasteiger partial charge in [0.2, 0.25) is 0 Å². The van der Waals surface area contributed by atoms with Gasteiger partial charge in [-0.05, 0) is 12.2 Å². The molecule has 0 bridgehead atoms. The van der Waals surface area contributed by atoms with Gasteiger partial charge in [-0.3, -0.25) is 0 Å². The van der Waals surface area contributed by atoms with Crippen molar-refractivity contribution in [3.05, 3.63) is 30.1 Å². The van der Waals surface area contributed by atoms with Crippen molar-refractivity contribution in [2.24, 2.45) is 0 Å². The molecule has 0 amide bonds. The predicted octanol–water partition coefficient (Wildman–Crippen LogP) is 1.58. The zero-order chi connectivity index (χ0) is 9.90. The Morgan fingerprint density at radius 3 is 1.85 bits per heavy atom. The summed E-state index contributed by atoms with van der Waals surface area (Å²) in [6.45, 7) is 0. The molecule has 0 aromatic carbocycles. The van der Waals surface area contributed by atoms with Crippen molar-refractivity contribution in [2.45, 2.75) is 5.85 Å². The first-order valence-electron chi connectivity index (χ1n) is 3.77. The molecule has 1 aliphatic rings. The maximum Gasteiger partial charge on any atom is 0.324 e. The van der Waals surface area contributed by atoms with Gasteiger partial charge in [0.1, 0.15) is 0 Å². The Hall–Kier alpha value is -1.03. The molecule has 0 N–H and O–H groups in total. The zero-order valence-corrected chi connectivity index (χ0v) is 7.83. The molecule has 0 saturated heterocycles. The third kappa shape index (κ3) is 1.54. The Labute approximate surface area is 76.8 Å². The van der Waals surface area contributed by atoms with E-state index in [-0.39, 0.29) is 11.5 Å². The molecule has 1 radical (unpaired) electrons. The SMILES string of the molecule is COC1=C[CH]C=C(OC)C1(F)OC. The second-order valence-corrected chi connectivity index (χ2v) is 2.46. The fourth-order valence-corrected chi connectivity index (χ4v) is 1.16. The van der Waals surface area contributed by atoms with Gasteiger partial charge in [-0.1, -0.05) is 0 Å². The second kappa shape index (κ2) is 3.79. The van der Waals surface area contributed by atoms with Crippen LogP contribution in [0.3, 0.4) is 0 Å². The molecule has 0 fully saturated rings. The molecule has 0 aromatic rings. The highest BCUT2D eigenvalue weighted by Gasteiger charge is 2.43. The van der Waals surface area contributed by atoms with E-state index in [9.17, 15) is 4.39 Å². The van der Waals surface area contributed by atoms with E-state index in [0.717, 1.165) is 0 Å². The average Bonchev–Trinajstić information content (AvgIpc) is 2.18. The third-order valence-corrected chi connectivity index (χ3v) is 1.85. The molecule has 0 aromatic heterocycles. The van der Waals surface area contributed by atoms with Crippen molar-refractivity contribution < 1.29 is 18.6 Å². The molecular weight excluding hydrogens is 175 g/mol. The van der Waals surface area contributed by atoms with Crippen molar-refractivity contribution in [1.82, 2.24) is 0 Å². The van der Waals surface area contributed by atoms with Gasteiger partial charge >= 0.3 is 5.85 Å². The average molecular weight is 187 g/mol. The Morgan fingerprint density at radius 2 is 1.54 bits per heavy atom. The summed E-state index contributed by atoms with van der Waals surface area (Å²) in [5.74, 6) is -1.94. The van der Waals surface area contributed by atoms with Gasteiger partial charge in [-0.25, -0.2) is 0 Å². The van der Waals surface area contributed by atoms with Gasteiger partial charge in [0.15, 0.2) is 11.5 Å². The number of halogens is 1. The van der Waals surface area contributed by atoms with Crippen molar-refractivity contribution in [3.63, 3.8) is 0 Å². The minimum absolute atomic E-state index is 0.0781. The van der Waals surface area contributed by atoms with E-state index in [1.165, 1.54) is 33.5 Å². The molecule has 1 aliphatic carbocycles. The van der Waals surface area contributed by atoms with Gasteiger partial charge in [-0.15, -0.1) is 0 Å². The maximum atomic E-state index is 14.0. The van der Waals surface area contributed by atoms with Crippen molar-refractivity contribution in [2.75, 3.05) is 21.3 Å². The first-order valence-corrected chi connectivity index (χ1v) is 3.77. The monoisotopic (exact) mass is 187 g/mol. The molecule has 0 heterocycles. The Balaban J connectivity index is 2.98. The Kier molecular flexibility index (Phi) is 2.93. The van der Waals surface area contributed by atoms with E-state index in [4.69, 9.17) is 14.2 Å². The van der Waals surface area contributed by atoms with Crippen LogP contribution in [0.4, 0.5) is 4.39 Å². The predicted molar refractivity (Wildman–Crippen MR) is 45.3 cm³/mol. The number of ether oxygens (including phenoxy) is 3. The summed E-state index contributed by atoms with van der Waals surface area (Å²) in [6, 6.07) is 0. The molecule has 0 spiro atoms. The van der Waals surface area contributed by atoms with E-state index >= 15 is 0 Å². The van der Waals surface area contributed by atoms with E-state index in [1.54, 1.807) is 6.42 Å². The summed E-state index contributed by atoms with van der Waals surface area (Å²) in [5.41, 5.74) is 0. The lowest BCUT2D eigenvalue weighted by Crippen LogP contribution is -2.34. The lowest BCUT2D eigenvalue weighted by molar-refractivity contribution is -0.119. The quantitative estimate of drug-likeness (QED) is 0.671. The van der Waals surface area contributed by atoms with E-state index in [0.29, 0.717) is 0 Å². The second-order valence-electron chi connectivity index (χ2n) is 2.46. The Bertz CT molecular complexity index is 225. The van der Waals surface area contributed by atoms with Crippen LogP contribution in [0, 0.1) is 6.42 Å². The highest BCUT2D eigenvalue weighted by atomic mass is 19.2. The Morgan fingerprint density at radius 1 is 1.08 bits per heavy atom. The first kappa shape index (κ1) is 10.1. The number of hydrogen-bond acceptors (Lipinski definition) is 3. The van der Waals surface area contributed by atoms with E-state index in [2.05, 4.69) is 0 Å². The smallest absolute Gasteiger partial charge is 0.324 e. The van der Waals surface area contributed by atoms with Crippen molar-refractivity contribution in [1.29, 1.82) is 0 Å². The maximum absolute atomic E-state index is 14.0. The molecular formula is C9H12FO3. The van der Waals surface area contributed by atoms with Crippen molar-refractivity contribution >= 4 is 0 Å². The van der Waals surface area contributed by atoms with Crippen LogP contribution in [0.2, 0.25) is 0 Å². The first-order chi connectivity index (χ1) is 6.19. The summed E-state index contributed by atoms with van der Waals surface area (Å²) < 4.78 is 28.4. The van der Waals surface area contributed by atoms with Crippen LogP contribution < -0.4 is 0 Å². The van der Waals surface area contributed by atoms with Crippen LogP contribution in [0.15, 0.2) is 23.7 Å². The highest BCUT2D eigenvalue weighted by molar-refractivity contribution is 5.33. The van der Waals surface area contributed by atoms with Crippen LogP contribution in [0.25, 0.3) is 0 Å². The fraction of sp³-hybridized carbons (Fsp3) is 0.444. The lowest BCUT2D eigenvalue weighted by Gasteiger charge is -2.28. The number of alkyl halides is 1. The molecule has 0 atom stereocenters. The van der Waals surface area contributed by atoms with Gasteiger partial charge in [-0.2, -0.15) is 4.39 Å². The summed E-state index contributed by atoms with van der Waals surface area (Å²) >= 11 is 0. The number of rotatable bonds is 3. The third-order valence-electron chi connectivity index (χ3n) is 1.85. The fourth-order valence-electron chi connectivity index (χ4n) is 1.16. The molecule has 0 aliphatic heterocycles. The molecule has 4 heteroatoms. The van der Waals surface area contributed by atoms with E-state index in [1.807, 2.05) is 0 Å². The van der Waals surface area contributed by atoms with E-state index < -0.39 is 5.85 Å². The minimum atomic E-state index is -2.10. The van der Waals surface area contributed by atoms with Crippen LogP contribution in [0.1, 0.15) is 0 Å². The molecule has 1 rings (SSSR count).